The first-order valence-corrected chi connectivity index (χ1v) is 13.1. The highest BCUT2D eigenvalue weighted by atomic mass is 32.2. The van der Waals surface area contributed by atoms with Crippen molar-refractivity contribution in [3.63, 3.8) is 0 Å². The van der Waals surface area contributed by atoms with Crippen LogP contribution in [-0.4, -0.2) is 50.0 Å². The lowest BCUT2D eigenvalue weighted by molar-refractivity contribution is -0.242. The van der Waals surface area contributed by atoms with Crippen LogP contribution < -0.4 is 14.4 Å². The Kier molecular flexibility index (Phi) is 7.85. The van der Waals surface area contributed by atoms with Crippen LogP contribution in [0, 0.1) is 18.2 Å². The maximum absolute atomic E-state index is 13.9. The van der Waals surface area contributed by atoms with Crippen LogP contribution in [0.5, 0.6) is 5.75 Å². The highest BCUT2D eigenvalue weighted by Gasteiger charge is 2.51. The van der Waals surface area contributed by atoms with Crippen LogP contribution in [0.1, 0.15) is 39.7 Å². The molecule has 39 heavy (non-hydrogen) atoms. The molecule has 2 aromatic rings. The first kappa shape index (κ1) is 30.0. The van der Waals surface area contributed by atoms with Crippen LogP contribution in [0.3, 0.4) is 0 Å². The zero-order valence-electron chi connectivity index (χ0n) is 21.7. The van der Waals surface area contributed by atoms with Gasteiger partial charge >= 0.3 is 18.2 Å². The number of aliphatic carboxylic acids is 1. The number of carboxylic acid groups (broad SMARTS) is 1. The molecule has 1 heterocycles. The van der Waals surface area contributed by atoms with E-state index in [2.05, 4.69) is 10.1 Å². The van der Waals surface area contributed by atoms with Gasteiger partial charge in [-0.3, -0.25) is 14.4 Å². The lowest BCUT2D eigenvalue weighted by Gasteiger charge is -2.37. The molecule has 1 amide bonds. The van der Waals surface area contributed by atoms with Crippen molar-refractivity contribution in [2.24, 2.45) is 5.41 Å². The van der Waals surface area contributed by atoms with Crippen LogP contribution in [0.25, 0.3) is 0 Å². The molecule has 214 valence electrons. The topological polar surface area (TPSA) is 122 Å². The number of hydrogen-bond donors (Lipinski definition) is 2. The predicted octanol–water partition coefficient (Wildman–Crippen LogP) is 5.48. The second-order valence-electron chi connectivity index (χ2n) is 10.3. The molecule has 2 aromatic carbocycles. The summed E-state index contributed by atoms with van der Waals surface area (Å²) in [5.74, 6) is -1.73. The Morgan fingerprint density at radius 1 is 1.13 bits per heavy atom. The van der Waals surface area contributed by atoms with Crippen molar-refractivity contribution >= 4 is 33.5 Å². The van der Waals surface area contributed by atoms with Crippen molar-refractivity contribution in [2.45, 2.75) is 63.8 Å². The van der Waals surface area contributed by atoms with Gasteiger partial charge in [0.15, 0.2) is 0 Å². The third-order valence-corrected chi connectivity index (χ3v) is 7.98. The number of carboxylic acids is 1. The Morgan fingerprint density at radius 3 is 2.33 bits per heavy atom. The molecule has 1 aliphatic rings. The molecule has 0 radical (unpaired) electrons. The molecule has 1 aliphatic heterocycles. The lowest BCUT2D eigenvalue weighted by Crippen LogP contribution is -2.46. The van der Waals surface area contributed by atoms with Crippen molar-refractivity contribution < 1.29 is 50.1 Å². The molecule has 2 N–H and O–H groups in total. The van der Waals surface area contributed by atoms with Gasteiger partial charge in [0.05, 0.1) is 22.5 Å². The summed E-state index contributed by atoms with van der Waals surface area (Å²) in [7, 11) is -4.37. The van der Waals surface area contributed by atoms with E-state index >= 15 is 0 Å². The van der Waals surface area contributed by atoms with Crippen molar-refractivity contribution in [3.8, 4) is 5.75 Å². The summed E-state index contributed by atoms with van der Waals surface area (Å²) in [4.78, 5) is 23.6. The number of rotatable bonds is 7. The fourth-order valence-electron chi connectivity index (χ4n) is 3.72. The largest absolute Gasteiger partial charge is 0.486 e. The van der Waals surface area contributed by atoms with Gasteiger partial charge in [-0.2, -0.15) is 13.2 Å². The van der Waals surface area contributed by atoms with Gasteiger partial charge < -0.3 is 14.6 Å². The molecule has 0 bridgehead atoms. The fraction of sp³-hybridized carbons (Fsp3) is 0.440. The van der Waals surface area contributed by atoms with Gasteiger partial charge in [0.2, 0.25) is 5.60 Å². The molecule has 0 saturated heterocycles. The number of benzene rings is 2. The summed E-state index contributed by atoms with van der Waals surface area (Å²) < 4.78 is 91.8. The summed E-state index contributed by atoms with van der Waals surface area (Å²) in [5, 5.41) is 11.7. The number of ether oxygens (including phenoxy) is 2. The van der Waals surface area contributed by atoms with Gasteiger partial charge in [0.1, 0.15) is 17.7 Å². The number of nitrogens with zero attached hydrogens (tertiary/aromatic N) is 1. The summed E-state index contributed by atoms with van der Waals surface area (Å²) in [6.45, 7) is 5.30. The molecule has 0 fully saturated rings. The SMILES string of the molecule is Cc1cc(S(=O)(=O)N2CC(CC(C)(C)C(=O)O)Oc3ccc(NC(=O)OC(C)(C)C(F)(F)F)cc32)ccc1F. The number of alkyl halides is 3. The molecule has 1 atom stereocenters. The molecule has 0 aliphatic carbocycles. The highest BCUT2D eigenvalue weighted by Crippen LogP contribution is 2.41. The molecule has 14 heteroatoms. The normalized spacial score (nSPS) is 16.2. The lowest BCUT2D eigenvalue weighted by atomic mass is 9.86. The van der Waals surface area contributed by atoms with Crippen molar-refractivity contribution in [1.82, 2.24) is 0 Å². The molecule has 0 spiro atoms. The zero-order chi connectivity index (χ0) is 29.6. The van der Waals surface area contributed by atoms with E-state index < -0.39 is 51.2 Å². The van der Waals surface area contributed by atoms with E-state index in [0.717, 1.165) is 22.5 Å². The van der Waals surface area contributed by atoms with Crippen molar-refractivity contribution in [2.75, 3.05) is 16.2 Å². The van der Waals surface area contributed by atoms with Crippen molar-refractivity contribution in [1.29, 1.82) is 0 Å². The number of nitrogens with one attached hydrogen (secondary N) is 1. The smallest absolute Gasteiger partial charge is 0.427 e. The number of halogens is 4. The van der Waals surface area contributed by atoms with Crippen LogP contribution >= 0.6 is 0 Å². The van der Waals surface area contributed by atoms with Gasteiger partial charge in [-0.15, -0.1) is 0 Å². The molecule has 0 aromatic heterocycles. The second kappa shape index (κ2) is 10.2. The number of fused-ring (bicyclic) bond motifs is 1. The van der Waals surface area contributed by atoms with E-state index in [1.165, 1.54) is 39.0 Å². The molecule has 0 saturated carbocycles. The van der Waals surface area contributed by atoms with Gasteiger partial charge in [-0.25, -0.2) is 17.6 Å². The third-order valence-electron chi connectivity index (χ3n) is 6.20. The summed E-state index contributed by atoms with van der Waals surface area (Å²) in [6, 6.07) is 6.92. The molecular weight excluding hydrogens is 548 g/mol. The first-order valence-electron chi connectivity index (χ1n) is 11.6. The van der Waals surface area contributed by atoms with Gasteiger partial charge in [0.25, 0.3) is 10.0 Å². The van der Waals surface area contributed by atoms with Gasteiger partial charge in [0, 0.05) is 12.1 Å². The minimum absolute atomic E-state index is 0.0180. The molecule has 1 unspecified atom stereocenters. The maximum Gasteiger partial charge on any atom is 0.427 e. The van der Waals surface area contributed by atoms with E-state index in [0.29, 0.717) is 13.8 Å². The van der Waals surface area contributed by atoms with E-state index in [-0.39, 0.29) is 40.5 Å². The number of aryl methyl sites for hydroxylation is 1. The van der Waals surface area contributed by atoms with Gasteiger partial charge in [-0.1, -0.05) is 0 Å². The predicted molar refractivity (Wildman–Crippen MR) is 133 cm³/mol. The molecular formula is C25H28F4N2O7S. The van der Waals surface area contributed by atoms with E-state index in [9.17, 15) is 40.7 Å². The monoisotopic (exact) mass is 576 g/mol. The summed E-state index contributed by atoms with van der Waals surface area (Å²) in [5.41, 5.74) is -4.18. The zero-order valence-corrected chi connectivity index (χ0v) is 22.5. The third kappa shape index (κ3) is 6.37. The van der Waals surface area contributed by atoms with E-state index in [1.807, 2.05) is 0 Å². The van der Waals surface area contributed by atoms with Crippen LogP contribution in [0.15, 0.2) is 41.3 Å². The second-order valence-corrected chi connectivity index (χ2v) is 12.1. The summed E-state index contributed by atoms with van der Waals surface area (Å²) in [6.07, 6.45) is -7.25. The Morgan fingerprint density at radius 2 is 1.77 bits per heavy atom. The van der Waals surface area contributed by atoms with Crippen LogP contribution in [-0.2, 0) is 19.6 Å². The quantitative estimate of drug-likeness (QED) is 0.419. The number of carbonyl (C=O) groups excluding carboxylic acids is 1. The Bertz CT molecular complexity index is 1390. The van der Waals surface area contributed by atoms with Crippen LogP contribution in [0.4, 0.5) is 33.7 Å². The maximum atomic E-state index is 13.9. The van der Waals surface area contributed by atoms with Crippen molar-refractivity contribution in [3.05, 3.63) is 47.8 Å². The minimum Gasteiger partial charge on any atom is -0.486 e. The average Bonchev–Trinajstić information content (AvgIpc) is 2.78. The molecule has 3 rings (SSSR count). The Balaban J connectivity index is 2.02. The van der Waals surface area contributed by atoms with E-state index in [4.69, 9.17) is 4.74 Å². The average molecular weight is 577 g/mol. The van der Waals surface area contributed by atoms with Gasteiger partial charge in [-0.05, 0) is 76.6 Å². The Labute approximate surface area is 222 Å². The standard InChI is InChI=1S/C25H28F4N2O7S/c1-14-10-17(7-8-18(14)26)39(35,36)31-13-16(12-23(2,3)21(32)33)37-20-9-6-15(11-19(20)31)30-22(34)38-24(4,5)25(27,28)29/h6-11,16H,12-13H2,1-5H3,(H,30,34)(H,32,33). The highest BCUT2D eigenvalue weighted by molar-refractivity contribution is 7.92. The van der Waals surface area contributed by atoms with Crippen LogP contribution in [0.2, 0.25) is 0 Å². The number of hydrogen-bond acceptors (Lipinski definition) is 6. The fourth-order valence-corrected chi connectivity index (χ4v) is 5.30. The van der Waals surface area contributed by atoms with E-state index in [1.54, 1.807) is 0 Å². The number of carbonyl (C=O) groups is 2. The number of amides is 1. The Hall–Kier alpha value is -3.55. The number of sulfonamides is 1. The minimum atomic E-state index is -4.84. The first-order chi connectivity index (χ1) is 17.7. The molecule has 9 nitrogen and oxygen atoms in total. The summed E-state index contributed by atoms with van der Waals surface area (Å²) >= 11 is 0. The number of anilines is 2.